The van der Waals surface area contributed by atoms with E-state index in [0.29, 0.717) is 84.0 Å². The van der Waals surface area contributed by atoms with E-state index >= 15 is 0 Å². The summed E-state index contributed by atoms with van der Waals surface area (Å²) in [5, 5.41) is 24.5. The highest BCUT2D eigenvalue weighted by Gasteiger charge is 2.54. The molecule has 0 atom stereocenters. The predicted octanol–water partition coefficient (Wildman–Crippen LogP) is 10.2. The van der Waals surface area contributed by atoms with Crippen molar-refractivity contribution < 1.29 is 48.3 Å². The van der Waals surface area contributed by atoms with E-state index < -0.39 is 29.2 Å². The second-order valence-electron chi connectivity index (χ2n) is 19.0. The molecule has 0 aliphatic heterocycles. The largest absolute Gasteiger partial charge is 0.426 e. The number of nitrogens with two attached hydrogens (primary N) is 2. The minimum atomic E-state index is -3.08. The zero-order valence-corrected chi connectivity index (χ0v) is 40.8. The highest BCUT2D eigenvalue weighted by Crippen LogP contribution is 2.43. The van der Waals surface area contributed by atoms with Crippen molar-refractivity contribution >= 4 is 47.0 Å². The number of anilines is 2. The molecule has 12 heteroatoms. The summed E-state index contributed by atoms with van der Waals surface area (Å²) >= 11 is 0. The number of allylic oxidation sites excluding steroid dienone is 3. The SMILES string of the molecule is C=CCCCOC1CCC(C(=O)Oc2ccc(C=CC(=O)CC(Cc3ccc(N)cc3)(Cc3ccc(N)cc3)C(O)(O)C(=O)C=Cc3ccc(OC(=O)C4CCC(OCCCC=C)CC4)cc3)cc2)CC1. The highest BCUT2D eigenvalue weighted by atomic mass is 16.5. The van der Waals surface area contributed by atoms with Gasteiger partial charge < -0.3 is 40.6 Å². The van der Waals surface area contributed by atoms with Gasteiger partial charge in [-0.05, 0) is 173 Å². The minimum Gasteiger partial charge on any atom is -0.426 e. The molecule has 6 rings (SSSR count). The molecule has 2 aliphatic carbocycles. The Morgan fingerprint density at radius 1 is 0.563 bits per heavy atom. The molecule has 6 N–H and O–H groups in total. The van der Waals surface area contributed by atoms with E-state index in [4.69, 9.17) is 30.4 Å². The first-order valence-corrected chi connectivity index (χ1v) is 24.9. The van der Waals surface area contributed by atoms with E-state index in [1.807, 2.05) is 12.2 Å². The molecule has 0 heterocycles. The third-order valence-electron chi connectivity index (χ3n) is 13.6. The molecular weight excluding hydrogens is 897 g/mol. The maximum Gasteiger partial charge on any atom is 0.314 e. The van der Waals surface area contributed by atoms with Gasteiger partial charge >= 0.3 is 11.9 Å². The van der Waals surface area contributed by atoms with E-state index in [1.165, 1.54) is 12.2 Å². The van der Waals surface area contributed by atoms with Crippen molar-refractivity contribution in [2.24, 2.45) is 17.3 Å². The Labute approximate surface area is 418 Å². The van der Waals surface area contributed by atoms with E-state index in [9.17, 15) is 29.4 Å². The zero-order chi connectivity index (χ0) is 50.6. The number of esters is 2. The summed E-state index contributed by atoms with van der Waals surface area (Å²) in [6.45, 7) is 8.85. The van der Waals surface area contributed by atoms with Gasteiger partial charge in [-0.25, -0.2) is 0 Å². The highest BCUT2D eigenvalue weighted by molar-refractivity contribution is 6.01. The lowest BCUT2D eigenvalue weighted by atomic mass is 9.65. The average molecular weight is 967 g/mol. The Morgan fingerprint density at radius 2 is 0.958 bits per heavy atom. The van der Waals surface area contributed by atoms with Crippen molar-refractivity contribution in [1.82, 2.24) is 0 Å². The molecule has 71 heavy (non-hydrogen) atoms. The molecule has 0 unspecified atom stereocenters. The van der Waals surface area contributed by atoms with Crippen LogP contribution in [0.15, 0.2) is 135 Å². The summed E-state index contributed by atoms with van der Waals surface area (Å²) in [7, 11) is 0. The fraction of sp³-hybridized carbons (Fsp3) is 0.390. The monoisotopic (exact) mass is 967 g/mol. The van der Waals surface area contributed by atoms with E-state index in [1.54, 1.807) is 103 Å². The number of aliphatic hydroxyl groups is 2. The smallest absolute Gasteiger partial charge is 0.314 e. The van der Waals surface area contributed by atoms with Gasteiger partial charge in [0.2, 0.25) is 11.6 Å². The lowest BCUT2D eigenvalue weighted by molar-refractivity contribution is -0.230. The third-order valence-corrected chi connectivity index (χ3v) is 13.6. The molecule has 0 aromatic heterocycles. The van der Waals surface area contributed by atoms with E-state index in [0.717, 1.165) is 57.4 Å². The first-order chi connectivity index (χ1) is 34.2. The van der Waals surface area contributed by atoms with Gasteiger partial charge in [0, 0.05) is 36.4 Å². The molecular formula is C59H70N2O10. The topological polar surface area (TPSA) is 198 Å². The van der Waals surface area contributed by atoms with Gasteiger partial charge in [0.25, 0.3) is 0 Å². The summed E-state index contributed by atoms with van der Waals surface area (Å²) in [6, 6.07) is 26.9. The van der Waals surface area contributed by atoms with Gasteiger partial charge in [-0.3, -0.25) is 19.2 Å². The fourth-order valence-electron chi connectivity index (χ4n) is 9.32. The Morgan fingerprint density at radius 3 is 1.35 bits per heavy atom. The van der Waals surface area contributed by atoms with Crippen LogP contribution in [0.25, 0.3) is 12.2 Å². The molecule has 0 radical (unpaired) electrons. The molecule has 4 aromatic carbocycles. The van der Waals surface area contributed by atoms with Crippen LogP contribution in [0.1, 0.15) is 106 Å². The van der Waals surface area contributed by atoms with E-state index in [-0.39, 0.29) is 48.8 Å². The van der Waals surface area contributed by atoms with Crippen molar-refractivity contribution in [3.8, 4) is 11.5 Å². The molecule has 2 aliphatic rings. The number of carbonyl (C=O) groups is 4. The molecule has 0 bridgehead atoms. The Kier molecular flexibility index (Phi) is 20.3. The van der Waals surface area contributed by atoms with Crippen molar-refractivity contribution in [1.29, 1.82) is 0 Å². The molecule has 0 amide bonds. The fourth-order valence-corrected chi connectivity index (χ4v) is 9.32. The molecule has 0 spiro atoms. The molecule has 376 valence electrons. The van der Waals surface area contributed by atoms with Crippen molar-refractivity contribution in [3.63, 3.8) is 0 Å². The van der Waals surface area contributed by atoms with Crippen molar-refractivity contribution in [2.45, 2.75) is 114 Å². The van der Waals surface area contributed by atoms with Crippen molar-refractivity contribution in [3.05, 3.63) is 157 Å². The second-order valence-corrected chi connectivity index (χ2v) is 19.0. The number of carbonyl (C=O) groups excluding carboxylic acids is 4. The van der Waals surface area contributed by atoms with Crippen LogP contribution in [-0.2, 0) is 41.5 Å². The van der Waals surface area contributed by atoms with Crippen LogP contribution >= 0.6 is 0 Å². The quantitative estimate of drug-likeness (QED) is 0.00885. The summed E-state index contributed by atoms with van der Waals surface area (Å²) < 4.78 is 23.4. The Balaban J connectivity index is 1.13. The lowest BCUT2D eigenvalue weighted by Crippen LogP contribution is -2.57. The first-order valence-electron chi connectivity index (χ1n) is 24.9. The second kappa shape index (κ2) is 26.7. The predicted molar refractivity (Wildman–Crippen MR) is 278 cm³/mol. The van der Waals surface area contributed by atoms with Crippen LogP contribution in [0.3, 0.4) is 0 Å². The molecule has 0 saturated heterocycles. The standard InChI is InChI=1S/C59H70N2O10/c1-3-5-7-37-68-51-32-19-46(20-33-51)56(64)70-53-28-14-42(15-29-53)13-27-50(62)41-58(39-44-9-23-48(60)24-10-44,40-45-11-25-49(61)26-12-45)59(66,67)55(63)36-18-43-16-30-54(31-17-43)71-57(65)47-21-34-52(35-22-47)69-38-8-6-4-2/h3-4,9-18,23-31,36,46-47,51-52,66-67H,1-2,5-8,19-22,32-35,37-41,60-61H2. The van der Waals surface area contributed by atoms with Crippen LogP contribution in [0.5, 0.6) is 11.5 Å². The summed E-state index contributed by atoms with van der Waals surface area (Å²) in [5.41, 5.74) is 13.6. The van der Waals surface area contributed by atoms with Crippen LogP contribution < -0.4 is 20.9 Å². The maximum absolute atomic E-state index is 14.2. The number of benzene rings is 4. The maximum atomic E-state index is 14.2. The van der Waals surface area contributed by atoms with Gasteiger partial charge in [-0.2, -0.15) is 0 Å². The van der Waals surface area contributed by atoms with Gasteiger partial charge in [0.05, 0.1) is 24.0 Å². The minimum absolute atomic E-state index is 0.0985. The number of ketones is 2. The third kappa shape index (κ3) is 16.3. The number of ether oxygens (including phenoxy) is 4. The number of hydrogen-bond acceptors (Lipinski definition) is 12. The van der Waals surface area contributed by atoms with Gasteiger partial charge in [0.15, 0.2) is 5.78 Å². The first kappa shape index (κ1) is 53.9. The summed E-state index contributed by atoms with van der Waals surface area (Å²) in [6.07, 6.45) is 18.5. The van der Waals surface area contributed by atoms with Crippen LogP contribution in [0.2, 0.25) is 0 Å². The molecule has 12 nitrogen and oxygen atoms in total. The summed E-state index contributed by atoms with van der Waals surface area (Å²) in [4.78, 5) is 54.5. The van der Waals surface area contributed by atoms with E-state index in [2.05, 4.69) is 13.2 Å². The van der Waals surface area contributed by atoms with Gasteiger partial charge in [0.1, 0.15) is 11.5 Å². The van der Waals surface area contributed by atoms with Gasteiger partial charge in [-0.15, -0.1) is 13.2 Å². The average Bonchev–Trinajstić information content (AvgIpc) is 3.37. The number of hydrogen-bond donors (Lipinski definition) is 4. The zero-order valence-electron chi connectivity index (χ0n) is 40.8. The lowest BCUT2D eigenvalue weighted by Gasteiger charge is -2.42. The van der Waals surface area contributed by atoms with Crippen LogP contribution in [-0.4, -0.2) is 64.9 Å². The molecule has 2 fully saturated rings. The van der Waals surface area contributed by atoms with Crippen molar-refractivity contribution in [2.75, 3.05) is 24.7 Å². The number of rotatable bonds is 26. The Hall–Kier alpha value is -6.44. The summed E-state index contributed by atoms with van der Waals surface area (Å²) in [5.74, 6) is -4.88. The molecule has 2 saturated carbocycles. The van der Waals surface area contributed by atoms with Crippen LogP contribution in [0, 0.1) is 17.3 Å². The number of nitrogen functional groups attached to an aromatic ring is 2. The normalized spacial score (nSPS) is 18.5. The van der Waals surface area contributed by atoms with Gasteiger partial charge in [-0.1, -0.05) is 72.8 Å². The number of unbranched alkanes of at least 4 members (excludes halogenated alkanes) is 2. The molecule has 4 aromatic rings. The van der Waals surface area contributed by atoms with Crippen LogP contribution in [0.4, 0.5) is 11.4 Å². The Bertz CT molecular complexity index is 2380.